The first-order valence-electron chi connectivity index (χ1n) is 6.82. The highest BCUT2D eigenvalue weighted by atomic mass is 16.2. The fourth-order valence-corrected chi connectivity index (χ4v) is 2.71. The van der Waals surface area contributed by atoms with Crippen LogP contribution < -0.4 is 0 Å². The second-order valence-electron chi connectivity index (χ2n) is 5.39. The zero-order valence-corrected chi connectivity index (χ0v) is 12.0. The van der Waals surface area contributed by atoms with Crippen molar-refractivity contribution in [1.29, 1.82) is 0 Å². The van der Waals surface area contributed by atoms with Gasteiger partial charge in [-0.15, -0.1) is 0 Å². The Hall–Kier alpha value is -2.17. The molecular weight excluding hydrogens is 252 g/mol. The van der Waals surface area contributed by atoms with Crippen LogP contribution in [0.4, 0.5) is 0 Å². The number of hydrogen-bond donors (Lipinski definition) is 0. The van der Waals surface area contributed by atoms with Gasteiger partial charge in [-0.25, -0.2) is 0 Å². The van der Waals surface area contributed by atoms with E-state index >= 15 is 0 Å². The van der Waals surface area contributed by atoms with Gasteiger partial charge in [0.1, 0.15) is 0 Å². The fraction of sp³-hybridized carbons (Fsp3) is 0.400. The van der Waals surface area contributed by atoms with Crippen LogP contribution in [0.3, 0.4) is 0 Å². The van der Waals surface area contributed by atoms with E-state index in [2.05, 4.69) is 23.1 Å². The van der Waals surface area contributed by atoms with Gasteiger partial charge in [0, 0.05) is 17.9 Å². The van der Waals surface area contributed by atoms with Gasteiger partial charge in [-0.1, -0.05) is 0 Å². The number of aromatic nitrogens is 3. The minimum Gasteiger partial charge on any atom is -0.328 e. The third-order valence-corrected chi connectivity index (χ3v) is 3.77. The van der Waals surface area contributed by atoms with Crippen molar-refractivity contribution < 1.29 is 4.79 Å². The van der Waals surface area contributed by atoms with Crippen LogP contribution in [0.15, 0.2) is 24.4 Å². The van der Waals surface area contributed by atoms with Crippen molar-refractivity contribution in [1.82, 2.24) is 19.7 Å². The van der Waals surface area contributed by atoms with Crippen molar-refractivity contribution in [2.75, 3.05) is 0 Å². The molecule has 3 rings (SSSR count). The second-order valence-corrected chi connectivity index (χ2v) is 5.39. The predicted octanol–water partition coefficient (Wildman–Crippen LogP) is 1.94. The highest BCUT2D eigenvalue weighted by molar-refractivity contribution is 5.97. The first-order chi connectivity index (χ1) is 9.56. The van der Waals surface area contributed by atoms with E-state index in [0.717, 1.165) is 22.6 Å². The molecule has 5 heteroatoms. The van der Waals surface area contributed by atoms with Crippen LogP contribution in [0.5, 0.6) is 0 Å². The lowest BCUT2D eigenvalue weighted by Crippen LogP contribution is -2.36. The van der Waals surface area contributed by atoms with E-state index in [9.17, 15) is 4.79 Å². The summed E-state index contributed by atoms with van der Waals surface area (Å²) >= 11 is 0. The van der Waals surface area contributed by atoms with Crippen molar-refractivity contribution in [2.24, 2.45) is 0 Å². The van der Waals surface area contributed by atoms with E-state index in [1.54, 1.807) is 6.20 Å². The van der Waals surface area contributed by atoms with Gasteiger partial charge in [-0.2, -0.15) is 5.10 Å². The Morgan fingerprint density at radius 1 is 1.40 bits per heavy atom. The SMILES string of the molecule is Cc1cc(C)n(C[C@@H](C)N2Cc3ncccc3C2=O)n1. The summed E-state index contributed by atoms with van der Waals surface area (Å²) in [6.45, 7) is 7.37. The summed E-state index contributed by atoms with van der Waals surface area (Å²) in [6, 6.07) is 5.80. The average Bonchev–Trinajstić information content (AvgIpc) is 2.91. The summed E-state index contributed by atoms with van der Waals surface area (Å²) in [6.07, 6.45) is 1.74. The maximum Gasteiger partial charge on any atom is 0.256 e. The van der Waals surface area contributed by atoms with Gasteiger partial charge >= 0.3 is 0 Å². The Bertz CT molecular complexity index is 662. The zero-order valence-electron chi connectivity index (χ0n) is 12.0. The van der Waals surface area contributed by atoms with Crippen LogP contribution >= 0.6 is 0 Å². The van der Waals surface area contributed by atoms with Gasteiger partial charge in [0.25, 0.3) is 5.91 Å². The largest absolute Gasteiger partial charge is 0.328 e. The normalized spacial score (nSPS) is 15.6. The van der Waals surface area contributed by atoms with Crippen molar-refractivity contribution in [3.05, 3.63) is 47.0 Å². The maximum atomic E-state index is 12.4. The zero-order chi connectivity index (χ0) is 14.3. The van der Waals surface area contributed by atoms with Crippen molar-refractivity contribution in [3.8, 4) is 0 Å². The molecule has 1 aliphatic rings. The molecule has 1 aliphatic heterocycles. The molecule has 0 radical (unpaired) electrons. The summed E-state index contributed by atoms with van der Waals surface area (Å²) in [5.74, 6) is 0.0714. The van der Waals surface area contributed by atoms with Gasteiger partial charge in [0.15, 0.2) is 0 Å². The van der Waals surface area contributed by atoms with E-state index in [0.29, 0.717) is 13.1 Å². The highest BCUT2D eigenvalue weighted by Crippen LogP contribution is 2.23. The van der Waals surface area contributed by atoms with E-state index < -0.39 is 0 Å². The molecule has 0 aromatic carbocycles. The van der Waals surface area contributed by atoms with E-state index in [1.807, 2.05) is 35.6 Å². The van der Waals surface area contributed by atoms with Crippen LogP contribution in [0.25, 0.3) is 0 Å². The number of carbonyl (C=O) groups is 1. The summed E-state index contributed by atoms with van der Waals surface area (Å²) in [5, 5.41) is 4.46. The molecule has 2 aromatic rings. The van der Waals surface area contributed by atoms with Crippen LogP contribution in [-0.2, 0) is 13.1 Å². The molecule has 104 valence electrons. The lowest BCUT2D eigenvalue weighted by molar-refractivity contribution is 0.0697. The number of amides is 1. The number of aryl methyl sites for hydroxylation is 2. The van der Waals surface area contributed by atoms with Crippen LogP contribution in [0.2, 0.25) is 0 Å². The Morgan fingerprint density at radius 3 is 2.85 bits per heavy atom. The average molecular weight is 270 g/mol. The number of pyridine rings is 1. The third kappa shape index (κ3) is 2.09. The van der Waals surface area contributed by atoms with Crippen LogP contribution in [0, 0.1) is 13.8 Å². The molecule has 5 nitrogen and oxygen atoms in total. The van der Waals surface area contributed by atoms with E-state index in [4.69, 9.17) is 0 Å². The molecule has 0 saturated heterocycles. The van der Waals surface area contributed by atoms with Gasteiger partial charge in [-0.3, -0.25) is 14.5 Å². The fourth-order valence-electron chi connectivity index (χ4n) is 2.71. The topological polar surface area (TPSA) is 51.0 Å². The first kappa shape index (κ1) is 12.8. The quantitative estimate of drug-likeness (QED) is 0.856. The number of carbonyl (C=O) groups excluding carboxylic acids is 1. The lowest BCUT2D eigenvalue weighted by Gasteiger charge is -2.24. The molecule has 20 heavy (non-hydrogen) atoms. The third-order valence-electron chi connectivity index (χ3n) is 3.77. The molecule has 1 atom stereocenters. The molecular formula is C15H18N4O. The molecule has 1 amide bonds. The van der Waals surface area contributed by atoms with E-state index in [-0.39, 0.29) is 11.9 Å². The second kappa shape index (κ2) is 4.74. The number of hydrogen-bond acceptors (Lipinski definition) is 3. The molecule has 0 saturated carbocycles. The molecule has 0 spiro atoms. The molecule has 3 heterocycles. The first-order valence-corrected chi connectivity index (χ1v) is 6.82. The summed E-state index contributed by atoms with van der Waals surface area (Å²) < 4.78 is 1.96. The minimum absolute atomic E-state index is 0.0714. The Labute approximate surface area is 118 Å². The number of rotatable bonds is 3. The van der Waals surface area contributed by atoms with Gasteiger partial charge in [0.2, 0.25) is 0 Å². The van der Waals surface area contributed by atoms with Crippen molar-refractivity contribution in [3.63, 3.8) is 0 Å². The van der Waals surface area contributed by atoms with Crippen molar-refractivity contribution in [2.45, 2.75) is 39.9 Å². The van der Waals surface area contributed by atoms with Crippen molar-refractivity contribution >= 4 is 5.91 Å². The Kier molecular flexibility index (Phi) is 3.04. The standard InChI is InChI=1S/C15H18N4O/c1-10-7-11(2)19(17-10)8-12(3)18-9-14-13(15(18)20)5-4-6-16-14/h4-7,12H,8-9H2,1-3H3/t12-/m1/s1. The lowest BCUT2D eigenvalue weighted by atomic mass is 10.2. The Morgan fingerprint density at radius 2 is 2.20 bits per heavy atom. The monoisotopic (exact) mass is 270 g/mol. The van der Waals surface area contributed by atoms with Gasteiger partial charge in [-0.05, 0) is 39.0 Å². The molecule has 0 N–H and O–H groups in total. The Balaban J connectivity index is 1.78. The molecule has 0 aliphatic carbocycles. The number of fused-ring (bicyclic) bond motifs is 1. The molecule has 0 bridgehead atoms. The summed E-state index contributed by atoms with van der Waals surface area (Å²) in [7, 11) is 0. The highest BCUT2D eigenvalue weighted by Gasteiger charge is 2.31. The predicted molar refractivity (Wildman–Crippen MR) is 75.3 cm³/mol. The maximum absolute atomic E-state index is 12.4. The molecule has 2 aromatic heterocycles. The van der Waals surface area contributed by atoms with Crippen LogP contribution in [0.1, 0.15) is 34.4 Å². The van der Waals surface area contributed by atoms with Gasteiger partial charge in [0.05, 0.1) is 30.0 Å². The smallest absolute Gasteiger partial charge is 0.256 e. The minimum atomic E-state index is 0.0714. The molecule has 0 unspecified atom stereocenters. The van der Waals surface area contributed by atoms with E-state index in [1.165, 1.54) is 0 Å². The number of nitrogens with zero attached hydrogens (tertiary/aromatic N) is 4. The van der Waals surface area contributed by atoms with Crippen LogP contribution in [-0.4, -0.2) is 31.6 Å². The van der Waals surface area contributed by atoms with Gasteiger partial charge < -0.3 is 4.90 Å². The summed E-state index contributed by atoms with van der Waals surface area (Å²) in [5.41, 5.74) is 3.73. The molecule has 0 fully saturated rings. The summed E-state index contributed by atoms with van der Waals surface area (Å²) in [4.78, 5) is 18.5.